The van der Waals surface area contributed by atoms with Crippen LogP contribution in [0, 0.1) is 18.8 Å². The Morgan fingerprint density at radius 2 is 1.74 bits per heavy atom. The number of aromatic nitrogens is 3. The molecule has 2 aliphatic rings. The van der Waals surface area contributed by atoms with Crippen molar-refractivity contribution in [3.63, 3.8) is 0 Å². The molecule has 11 heteroatoms. The predicted octanol–water partition coefficient (Wildman–Crippen LogP) is 6.25. The molecule has 0 bridgehead atoms. The van der Waals surface area contributed by atoms with Crippen molar-refractivity contribution in [1.29, 1.82) is 0 Å². The Balaban J connectivity index is 1.24. The molecule has 1 aliphatic carbocycles. The van der Waals surface area contributed by atoms with E-state index < -0.39 is 17.6 Å². The molecular formula is C35H38F3N7O. The first kappa shape index (κ1) is 31.6. The molecule has 46 heavy (non-hydrogen) atoms. The third-order valence-electron chi connectivity index (χ3n) is 9.10. The maximum atomic E-state index is 14.1. The van der Waals surface area contributed by atoms with Gasteiger partial charge in [-0.05, 0) is 62.2 Å². The molecule has 1 saturated carbocycles. The van der Waals surface area contributed by atoms with Crippen LogP contribution in [0.1, 0.15) is 76.3 Å². The Morgan fingerprint density at radius 1 is 1.00 bits per heavy atom. The fourth-order valence-corrected chi connectivity index (χ4v) is 6.38. The van der Waals surface area contributed by atoms with Gasteiger partial charge in [0.2, 0.25) is 0 Å². The van der Waals surface area contributed by atoms with Gasteiger partial charge in [-0.25, -0.2) is 9.97 Å². The number of aryl methyl sites for hydroxylation is 1. The van der Waals surface area contributed by atoms with Crippen molar-refractivity contribution in [3.8, 4) is 11.8 Å². The van der Waals surface area contributed by atoms with Crippen LogP contribution in [0.4, 0.5) is 24.7 Å². The number of likely N-dealkylation sites (N-methyl/N-ethyl adjacent to an activating group) is 1. The quantitative estimate of drug-likeness (QED) is 0.254. The first-order valence-electron chi connectivity index (χ1n) is 15.7. The van der Waals surface area contributed by atoms with Crippen LogP contribution >= 0.6 is 0 Å². The van der Waals surface area contributed by atoms with Crippen LogP contribution in [0.25, 0.3) is 11.0 Å². The largest absolute Gasteiger partial charge is 0.416 e. The fraction of sp³-hybridized carbons (Fsp3) is 0.400. The Kier molecular flexibility index (Phi) is 9.02. The van der Waals surface area contributed by atoms with Gasteiger partial charge in [0.05, 0.1) is 16.5 Å². The third-order valence-corrected chi connectivity index (χ3v) is 9.10. The number of hydrogen-bond donors (Lipinski definition) is 2. The Labute approximate surface area is 266 Å². The second kappa shape index (κ2) is 13.1. The number of nitrogen functional groups attached to an aromatic ring is 1. The van der Waals surface area contributed by atoms with Crippen molar-refractivity contribution in [1.82, 2.24) is 24.3 Å². The Morgan fingerprint density at radius 3 is 2.48 bits per heavy atom. The second-order valence-electron chi connectivity index (χ2n) is 12.4. The molecule has 1 amide bonds. The van der Waals surface area contributed by atoms with Crippen molar-refractivity contribution < 1.29 is 18.0 Å². The topological polar surface area (TPSA) is 92.3 Å². The van der Waals surface area contributed by atoms with Crippen molar-refractivity contribution in [2.24, 2.45) is 0 Å². The van der Waals surface area contributed by atoms with Crippen LogP contribution in [-0.2, 0) is 12.7 Å². The summed E-state index contributed by atoms with van der Waals surface area (Å²) >= 11 is 0. The highest BCUT2D eigenvalue weighted by molar-refractivity contribution is 6.04. The number of anilines is 2. The van der Waals surface area contributed by atoms with Gasteiger partial charge in [-0.1, -0.05) is 43.2 Å². The van der Waals surface area contributed by atoms with E-state index in [2.05, 4.69) is 36.6 Å². The summed E-state index contributed by atoms with van der Waals surface area (Å²) in [5.74, 6) is 6.21. The monoisotopic (exact) mass is 629 g/mol. The van der Waals surface area contributed by atoms with Crippen LogP contribution in [0.2, 0.25) is 0 Å². The highest BCUT2D eigenvalue weighted by atomic mass is 19.4. The average molecular weight is 630 g/mol. The van der Waals surface area contributed by atoms with Gasteiger partial charge in [-0.2, -0.15) is 13.2 Å². The molecular weight excluding hydrogens is 591 g/mol. The number of piperazine rings is 1. The van der Waals surface area contributed by atoms with E-state index in [1.54, 1.807) is 12.1 Å². The summed E-state index contributed by atoms with van der Waals surface area (Å²) in [6, 6.07) is 9.42. The highest BCUT2D eigenvalue weighted by Gasteiger charge is 2.34. The minimum atomic E-state index is -4.58. The average Bonchev–Trinajstić information content (AvgIpc) is 3.42. The summed E-state index contributed by atoms with van der Waals surface area (Å²) in [4.78, 5) is 26.1. The number of amides is 1. The van der Waals surface area contributed by atoms with Gasteiger partial charge < -0.3 is 20.5 Å². The minimum absolute atomic E-state index is 0.0614. The maximum absolute atomic E-state index is 14.1. The van der Waals surface area contributed by atoms with Gasteiger partial charge in [-0.15, -0.1) is 0 Å². The zero-order chi connectivity index (χ0) is 32.4. The summed E-state index contributed by atoms with van der Waals surface area (Å²) in [5, 5.41) is 3.48. The maximum Gasteiger partial charge on any atom is 0.416 e. The molecule has 0 unspecified atom stereocenters. The van der Waals surface area contributed by atoms with Crippen LogP contribution in [0.15, 0.2) is 48.9 Å². The zero-order valence-electron chi connectivity index (χ0n) is 26.1. The van der Waals surface area contributed by atoms with E-state index in [4.69, 9.17) is 5.73 Å². The SMILES string of the molecule is Cc1ccc(NC(=O)c2ccc(CN3CCN(C)CC3)c(C(F)(F)F)c2)cc1C#Cc1cn(C2CCCCC2)c2ncnc(N)c12. The number of nitrogens with one attached hydrogen (secondary N) is 1. The van der Waals surface area contributed by atoms with Crippen molar-refractivity contribution in [2.75, 3.05) is 44.3 Å². The molecule has 3 N–H and O–H groups in total. The Bertz CT molecular complexity index is 1810. The summed E-state index contributed by atoms with van der Waals surface area (Å²) < 4.78 is 44.5. The van der Waals surface area contributed by atoms with Crippen LogP contribution < -0.4 is 11.1 Å². The molecule has 0 radical (unpaired) electrons. The number of nitrogens with zero attached hydrogens (tertiary/aromatic N) is 5. The van der Waals surface area contributed by atoms with Crippen LogP contribution in [-0.4, -0.2) is 63.5 Å². The van der Waals surface area contributed by atoms with E-state index >= 15 is 0 Å². The third kappa shape index (κ3) is 6.88. The van der Waals surface area contributed by atoms with E-state index in [0.717, 1.165) is 54.2 Å². The number of carbonyl (C=O) groups excluding carboxylic acids is 1. The number of carbonyl (C=O) groups is 1. The molecule has 0 atom stereocenters. The minimum Gasteiger partial charge on any atom is -0.383 e. The number of rotatable bonds is 5. The first-order valence-corrected chi connectivity index (χ1v) is 15.7. The standard InChI is InChI=1S/C35H38F3N7O/c1-23-8-13-28(42-34(46)25-10-11-26(30(19-25)35(36,37)38)20-44-16-14-43(2)15-17-44)18-24(23)9-12-27-21-45(29-6-4-3-5-7-29)33-31(27)32(39)40-22-41-33/h8,10-11,13,18-19,21-22,29H,3-7,14-17,20H2,1-2H3,(H,42,46)(H2,39,40,41). The molecule has 6 rings (SSSR count). The molecule has 8 nitrogen and oxygen atoms in total. The van der Waals surface area contributed by atoms with E-state index in [1.807, 2.05) is 31.1 Å². The Hall–Kier alpha value is -4.40. The summed E-state index contributed by atoms with van der Waals surface area (Å²) in [6.07, 6.45) is 4.62. The normalized spacial score (nSPS) is 16.7. The van der Waals surface area contributed by atoms with Gasteiger partial charge in [0, 0.05) is 61.8 Å². The lowest BCUT2D eigenvalue weighted by molar-refractivity contribution is -0.138. The van der Waals surface area contributed by atoms with Gasteiger partial charge in [0.15, 0.2) is 0 Å². The van der Waals surface area contributed by atoms with Gasteiger partial charge in [0.1, 0.15) is 17.8 Å². The molecule has 2 fully saturated rings. The molecule has 240 valence electrons. The van der Waals surface area contributed by atoms with Gasteiger partial charge in [-0.3, -0.25) is 9.69 Å². The number of halogens is 3. The van der Waals surface area contributed by atoms with Gasteiger partial charge >= 0.3 is 6.18 Å². The van der Waals surface area contributed by atoms with E-state index in [0.29, 0.717) is 36.2 Å². The van der Waals surface area contributed by atoms with Crippen molar-refractivity contribution >= 4 is 28.4 Å². The second-order valence-corrected chi connectivity index (χ2v) is 12.4. The molecule has 0 spiro atoms. The first-order chi connectivity index (χ1) is 22.1. The number of alkyl halides is 3. The lowest BCUT2D eigenvalue weighted by atomic mass is 9.95. The van der Waals surface area contributed by atoms with E-state index in [-0.39, 0.29) is 17.7 Å². The predicted molar refractivity (Wildman–Crippen MR) is 173 cm³/mol. The highest BCUT2D eigenvalue weighted by Crippen LogP contribution is 2.35. The van der Waals surface area contributed by atoms with Gasteiger partial charge in [0.25, 0.3) is 5.91 Å². The molecule has 1 aliphatic heterocycles. The smallest absolute Gasteiger partial charge is 0.383 e. The van der Waals surface area contributed by atoms with E-state index in [9.17, 15) is 18.0 Å². The lowest BCUT2D eigenvalue weighted by Gasteiger charge is -2.33. The van der Waals surface area contributed by atoms with Crippen molar-refractivity contribution in [2.45, 2.75) is 57.8 Å². The number of fused-ring (bicyclic) bond motifs is 1. The van der Waals surface area contributed by atoms with E-state index in [1.165, 1.54) is 37.7 Å². The fourth-order valence-electron chi connectivity index (χ4n) is 6.38. The lowest BCUT2D eigenvalue weighted by Crippen LogP contribution is -2.44. The summed E-state index contributed by atoms with van der Waals surface area (Å²) in [5.41, 5.74) is 9.08. The molecule has 1 saturated heterocycles. The molecule has 4 aromatic rings. The number of benzene rings is 2. The summed E-state index contributed by atoms with van der Waals surface area (Å²) in [6.45, 7) is 5.08. The van der Waals surface area contributed by atoms with Crippen LogP contribution in [0.3, 0.4) is 0 Å². The van der Waals surface area contributed by atoms with Crippen LogP contribution in [0.5, 0.6) is 0 Å². The molecule has 3 heterocycles. The molecule has 2 aromatic heterocycles. The molecule has 2 aromatic carbocycles. The number of nitrogens with two attached hydrogens (primary N) is 1. The number of hydrogen-bond acceptors (Lipinski definition) is 6. The van der Waals surface area contributed by atoms with Crippen molar-refractivity contribution in [3.05, 3.63) is 82.3 Å². The summed E-state index contributed by atoms with van der Waals surface area (Å²) in [7, 11) is 2.00. The zero-order valence-corrected chi connectivity index (χ0v) is 26.1.